The summed E-state index contributed by atoms with van der Waals surface area (Å²) in [6.07, 6.45) is 3.09. The molecule has 0 aromatic heterocycles. The number of carbonyl (C=O) groups excluding carboxylic acids is 1. The van der Waals surface area contributed by atoms with Gasteiger partial charge in [0.25, 0.3) is 5.91 Å². The monoisotopic (exact) mass is 441 g/mol. The van der Waals surface area contributed by atoms with Crippen LogP contribution in [0.3, 0.4) is 0 Å². The van der Waals surface area contributed by atoms with E-state index in [1.807, 2.05) is 36.4 Å². The average Bonchev–Trinajstić information content (AvgIpc) is 2.77. The third-order valence-corrected chi connectivity index (χ3v) is 5.28. The summed E-state index contributed by atoms with van der Waals surface area (Å²) in [6, 6.07) is 15.3. The van der Waals surface area contributed by atoms with Gasteiger partial charge in [0.15, 0.2) is 5.75 Å². The predicted molar refractivity (Wildman–Crippen MR) is 121 cm³/mol. The molecule has 30 heavy (non-hydrogen) atoms. The number of nitriles is 1. The number of amides is 1. The lowest BCUT2D eigenvalue weighted by atomic mass is 10.1. The van der Waals surface area contributed by atoms with Crippen molar-refractivity contribution in [2.75, 3.05) is 37.7 Å². The molecule has 5 nitrogen and oxygen atoms in total. The van der Waals surface area contributed by atoms with Gasteiger partial charge in [0, 0.05) is 31.9 Å². The van der Waals surface area contributed by atoms with E-state index in [2.05, 4.69) is 11.5 Å². The van der Waals surface area contributed by atoms with Crippen molar-refractivity contribution in [3.05, 3.63) is 76.3 Å². The molecule has 7 heteroatoms. The topological polar surface area (TPSA) is 56.6 Å². The van der Waals surface area contributed by atoms with Gasteiger partial charge in [-0.2, -0.15) is 5.26 Å². The van der Waals surface area contributed by atoms with Crippen LogP contribution in [-0.2, 0) is 4.79 Å². The molecule has 0 saturated carbocycles. The molecular weight excluding hydrogens is 421 g/mol. The highest BCUT2D eigenvalue weighted by Gasteiger charge is 2.24. The number of anilines is 1. The molecule has 1 heterocycles. The predicted octanol–water partition coefficient (Wildman–Crippen LogP) is 4.81. The number of ether oxygens (including phenoxy) is 1. The van der Waals surface area contributed by atoms with E-state index < -0.39 is 0 Å². The Hall–Kier alpha value is -2.94. The third-order valence-electron chi connectivity index (χ3n) is 4.72. The van der Waals surface area contributed by atoms with E-state index >= 15 is 0 Å². The van der Waals surface area contributed by atoms with Crippen LogP contribution < -0.4 is 9.64 Å². The second kappa shape index (κ2) is 10.2. The Balaban J connectivity index is 1.71. The standard InChI is InChI=1S/C23H21Cl2N3O2/c1-2-12-30-22-20(24)14-17(15-21(22)25)13-18(16-26)23(29)28-10-8-27(9-11-28)19-6-4-3-5-7-19/h2-7,13-15H,1,8-12H2/b18-13-. The van der Waals surface area contributed by atoms with E-state index in [1.165, 1.54) is 6.08 Å². The normalized spacial score (nSPS) is 14.2. The van der Waals surface area contributed by atoms with Gasteiger partial charge in [0.2, 0.25) is 0 Å². The van der Waals surface area contributed by atoms with Crippen LogP contribution in [0, 0.1) is 11.3 Å². The Bertz CT molecular complexity index is 968. The highest BCUT2D eigenvalue weighted by molar-refractivity contribution is 6.37. The van der Waals surface area contributed by atoms with Gasteiger partial charge in [0.05, 0.1) is 10.0 Å². The fourth-order valence-electron chi connectivity index (χ4n) is 3.23. The summed E-state index contributed by atoms with van der Waals surface area (Å²) in [5.41, 5.74) is 1.72. The largest absolute Gasteiger partial charge is 0.486 e. The number of para-hydroxylation sites is 1. The van der Waals surface area contributed by atoms with Gasteiger partial charge in [-0.25, -0.2) is 0 Å². The zero-order valence-corrected chi connectivity index (χ0v) is 17.9. The first-order valence-corrected chi connectivity index (χ1v) is 10.2. The van der Waals surface area contributed by atoms with Gasteiger partial charge in [-0.1, -0.05) is 54.1 Å². The Labute approximate surface area is 186 Å². The van der Waals surface area contributed by atoms with Crippen LogP contribution in [0.4, 0.5) is 5.69 Å². The fraction of sp³-hybridized carbons (Fsp3) is 0.217. The van der Waals surface area contributed by atoms with Crippen molar-refractivity contribution in [3.63, 3.8) is 0 Å². The molecule has 0 atom stereocenters. The van der Waals surface area contributed by atoms with Gasteiger partial charge in [0.1, 0.15) is 18.2 Å². The van der Waals surface area contributed by atoms with Crippen LogP contribution in [0.5, 0.6) is 5.75 Å². The van der Waals surface area contributed by atoms with E-state index in [4.69, 9.17) is 27.9 Å². The number of halogens is 2. The van der Waals surface area contributed by atoms with Crippen molar-refractivity contribution in [2.24, 2.45) is 0 Å². The maximum absolute atomic E-state index is 12.9. The summed E-state index contributed by atoms with van der Waals surface area (Å²) in [5.74, 6) is 0.0432. The Morgan fingerprint density at radius 3 is 2.33 bits per heavy atom. The summed E-state index contributed by atoms with van der Waals surface area (Å²) >= 11 is 12.5. The lowest BCUT2D eigenvalue weighted by molar-refractivity contribution is -0.126. The Morgan fingerprint density at radius 1 is 1.13 bits per heavy atom. The van der Waals surface area contributed by atoms with Crippen molar-refractivity contribution in [1.29, 1.82) is 5.26 Å². The summed E-state index contributed by atoms with van der Waals surface area (Å²) < 4.78 is 5.44. The summed E-state index contributed by atoms with van der Waals surface area (Å²) in [4.78, 5) is 16.8. The second-order valence-electron chi connectivity index (χ2n) is 6.70. The van der Waals surface area contributed by atoms with E-state index in [1.54, 1.807) is 23.1 Å². The van der Waals surface area contributed by atoms with E-state index in [0.29, 0.717) is 47.5 Å². The molecule has 0 unspecified atom stereocenters. The van der Waals surface area contributed by atoms with Crippen LogP contribution in [0.15, 0.2) is 60.7 Å². The van der Waals surface area contributed by atoms with Crippen molar-refractivity contribution < 1.29 is 9.53 Å². The van der Waals surface area contributed by atoms with Gasteiger partial charge >= 0.3 is 0 Å². The van der Waals surface area contributed by atoms with Gasteiger partial charge in [-0.15, -0.1) is 0 Å². The highest BCUT2D eigenvalue weighted by Crippen LogP contribution is 2.35. The first-order valence-electron chi connectivity index (χ1n) is 9.47. The number of nitrogens with zero attached hydrogens (tertiary/aromatic N) is 3. The van der Waals surface area contributed by atoms with Crippen LogP contribution in [0.25, 0.3) is 6.08 Å². The van der Waals surface area contributed by atoms with E-state index in [0.717, 1.165) is 5.69 Å². The van der Waals surface area contributed by atoms with E-state index in [-0.39, 0.29) is 18.1 Å². The Kier molecular flexibility index (Phi) is 7.40. The molecule has 0 bridgehead atoms. The number of rotatable bonds is 6. The SMILES string of the molecule is C=CCOc1c(Cl)cc(/C=C(/C#N)C(=O)N2CCN(c3ccccc3)CC2)cc1Cl. The van der Waals surface area contributed by atoms with Gasteiger partial charge in [-0.05, 0) is 35.9 Å². The zero-order chi connectivity index (χ0) is 21.5. The first kappa shape index (κ1) is 21.8. The maximum Gasteiger partial charge on any atom is 0.264 e. The van der Waals surface area contributed by atoms with Crippen molar-refractivity contribution in [1.82, 2.24) is 4.90 Å². The minimum atomic E-state index is -0.301. The van der Waals surface area contributed by atoms with Crippen molar-refractivity contribution in [2.45, 2.75) is 0 Å². The quantitative estimate of drug-likeness (QED) is 0.366. The molecule has 0 spiro atoms. The van der Waals surface area contributed by atoms with Crippen molar-refractivity contribution >= 4 is 40.9 Å². The number of carbonyl (C=O) groups is 1. The molecule has 0 N–H and O–H groups in total. The lowest BCUT2D eigenvalue weighted by Crippen LogP contribution is -2.49. The minimum Gasteiger partial charge on any atom is -0.486 e. The molecule has 2 aromatic rings. The molecule has 0 radical (unpaired) electrons. The minimum absolute atomic E-state index is 0.0371. The van der Waals surface area contributed by atoms with Crippen LogP contribution in [0.1, 0.15) is 5.56 Å². The van der Waals surface area contributed by atoms with Crippen molar-refractivity contribution in [3.8, 4) is 11.8 Å². The smallest absolute Gasteiger partial charge is 0.264 e. The highest BCUT2D eigenvalue weighted by atomic mass is 35.5. The second-order valence-corrected chi connectivity index (χ2v) is 7.51. The summed E-state index contributed by atoms with van der Waals surface area (Å²) in [6.45, 7) is 6.36. The molecule has 2 aromatic carbocycles. The number of benzene rings is 2. The molecule has 0 aliphatic carbocycles. The molecule has 1 fully saturated rings. The van der Waals surface area contributed by atoms with Gasteiger partial charge < -0.3 is 14.5 Å². The molecule has 1 aliphatic heterocycles. The Morgan fingerprint density at radius 2 is 1.77 bits per heavy atom. The molecule has 154 valence electrons. The molecule has 1 amide bonds. The van der Waals surface area contributed by atoms with Crippen LogP contribution >= 0.6 is 23.2 Å². The average molecular weight is 442 g/mol. The summed E-state index contributed by atoms with van der Waals surface area (Å²) in [5, 5.41) is 10.2. The zero-order valence-electron chi connectivity index (χ0n) is 16.4. The molecule has 1 aliphatic rings. The molecular formula is C23H21Cl2N3O2. The lowest BCUT2D eigenvalue weighted by Gasteiger charge is -2.36. The van der Waals surface area contributed by atoms with Crippen LogP contribution in [0.2, 0.25) is 10.0 Å². The number of hydrogen-bond acceptors (Lipinski definition) is 4. The maximum atomic E-state index is 12.9. The van der Waals surface area contributed by atoms with Gasteiger partial charge in [-0.3, -0.25) is 4.79 Å². The number of hydrogen-bond donors (Lipinski definition) is 0. The number of piperazine rings is 1. The third kappa shape index (κ3) is 5.15. The van der Waals surface area contributed by atoms with Crippen LogP contribution in [-0.4, -0.2) is 43.6 Å². The fourth-order valence-corrected chi connectivity index (χ4v) is 3.84. The summed E-state index contributed by atoms with van der Waals surface area (Å²) in [7, 11) is 0. The van der Waals surface area contributed by atoms with E-state index in [9.17, 15) is 10.1 Å². The first-order chi connectivity index (χ1) is 14.5. The molecule has 3 rings (SSSR count). The molecule has 1 saturated heterocycles.